The lowest BCUT2D eigenvalue weighted by molar-refractivity contribution is 0.678. The summed E-state index contributed by atoms with van der Waals surface area (Å²) in [5.41, 5.74) is 8.37. The predicted octanol–water partition coefficient (Wildman–Crippen LogP) is 2.90. The van der Waals surface area contributed by atoms with E-state index < -0.39 is 0 Å². The van der Waals surface area contributed by atoms with Gasteiger partial charge >= 0.3 is 0 Å². The fourth-order valence-corrected chi connectivity index (χ4v) is 2.69. The van der Waals surface area contributed by atoms with Crippen molar-refractivity contribution < 1.29 is 0 Å². The van der Waals surface area contributed by atoms with Gasteiger partial charge in [0.1, 0.15) is 11.6 Å². The van der Waals surface area contributed by atoms with Crippen LogP contribution in [0.2, 0.25) is 0 Å². The minimum absolute atomic E-state index is 0.600. The van der Waals surface area contributed by atoms with E-state index in [1.807, 2.05) is 0 Å². The topological polar surface area (TPSA) is 51.8 Å². The molecule has 86 valence electrons. The van der Waals surface area contributed by atoms with Crippen LogP contribution < -0.4 is 5.73 Å². The lowest BCUT2D eigenvalue weighted by atomic mass is 9.99. The Morgan fingerprint density at radius 3 is 2.31 bits per heavy atom. The Bertz CT molecular complexity index is 404. The van der Waals surface area contributed by atoms with Crippen LogP contribution in [0.1, 0.15) is 67.4 Å². The van der Waals surface area contributed by atoms with Crippen LogP contribution in [0, 0.1) is 6.92 Å². The van der Waals surface area contributed by atoms with E-state index in [0.29, 0.717) is 17.7 Å². The van der Waals surface area contributed by atoms with Crippen molar-refractivity contribution in [1.29, 1.82) is 0 Å². The van der Waals surface area contributed by atoms with Crippen LogP contribution in [0.3, 0.4) is 0 Å². The molecule has 16 heavy (non-hydrogen) atoms. The summed E-state index contributed by atoms with van der Waals surface area (Å²) in [6, 6.07) is 0. The van der Waals surface area contributed by atoms with E-state index in [-0.39, 0.29) is 0 Å². The van der Waals surface area contributed by atoms with Gasteiger partial charge in [-0.2, -0.15) is 0 Å². The zero-order valence-electron chi connectivity index (χ0n) is 9.87. The summed E-state index contributed by atoms with van der Waals surface area (Å²) in [5, 5.41) is 0. The zero-order chi connectivity index (χ0) is 11.1. The second kappa shape index (κ2) is 3.72. The summed E-state index contributed by atoms with van der Waals surface area (Å²) < 4.78 is 0. The van der Waals surface area contributed by atoms with Gasteiger partial charge in [0.2, 0.25) is 0 Å². The number of hydrogen-bond donors (Lipinski definition) is 1. The third-order valence-corrected chi connectivity index (χ3v) is 3.92. The number of aromatic nitrogens is 2. The minimum atomic E-state index is 0.600. The minimum Gasteiger partial charge on any atom is -0.383 e. The van der Waals surface area contributed by atoms with Crippen LogP contribution in [0.4, 0.5) is 5.82 Å². The van der Waals surface area contributed by atoms with Crippen LogP contribution >= 0.6 is 0 Å². The molecule has 1 heterocycles. The average molecular weight is 217 g/mol. The summed E-state index contributed by atoms with van der Waals surface area (Å²) in [6.45, 7) is 2.07. The molecule has 3 heteroatoms. The van der Waals surface area contributed by atoms with Gasteiger partial charge in [-0.15, -0.1) is 0 Å². The number of nitrogens with two attached hydrogens (primary N) is 1. The molecule has 3 nitrogen and oxygen atoms in total. The third-order valence-electron chi connectivity index (χ3n) is 3.92. The fourth-order valence-electron chi connectivity index (χ4n) is 2.69. The third kappa shape index (κ3) is 1.68. The Balaban J connectivity index is 2.00. The highest BCUT2D eigenvalue weighted by atomic mass is 15.0. The Morgan fingerprint density at radius 2 is 1.69 bits per heavy atom. The van der Waals surface area contributed by atoms with Gasteiger partial charge in [0, 0.05) is 17.4 Å². The molecule has 2 N–H and O–H groups in total. The maximum Gasteiger partial charge on any atom is 0.134 e. The maximum absolute atomic E-state index is 6.00. The smallest absolute Gasteiger partial charge is 0.134 e. The van der Waals surface area contributed by atoms with Crippen LogP contribution in [0.25, 0.3) is 0 Å². The van der Waals surface area contributed by atoms with E-state index in [2.05, 4.69) is 11.9 Å². The molecule has 2 aliphatic carbocycles. The summed E-state index contributed by atoms with van der Waals surface area (Å²) in [7, 11) is 0. The highest BCUT2D eigenvalue weighted by Crippen LogP contribution is 2.41. The van der Waals surface area contributed by atoms with Crippen molar-refractivity contribution in [3.8, 4) is 0 Å². The van der Waals surface area contributed by atoms with Crippen molar-refractivity contribution in [1.82, 2.24) is 9.97 Å². The molecule has 0 saturated heterocycles. The standard InChI is InChI=1S/C13H19N3/c1-8-11(9-4-2-3-5-9)15-13(10-6-7-10)16-12(8)14/h9-10H,2-7H2,1H3,(H2,14,15,16). The van der Waals surface area contributed by atoms with Crippen molar-refractivity contribution in [2.45, 2.75) is 57.3 Å². The largest absolute Gasteiger partial charge is 0.383 e. The molecular formula is C13H19N3. The first-order valence-electron chi connectivity index (χ1n) is 6.39. The number of nitrogen functional groups attached to an aromatic ring is 1. The van der Waals surface area contributed by atoms with Crippen LogP contribution in [-0.2, 0) is 0 Å². The van der Waals surface area contributed by atoms with Crippen molar-refractivity contribution in [3.05, 3.63) is 17.1 Å². The molecule has 0 bridgehead atoms. The molecular weight excluding hydrogens is 198 g/mol. The van der Waals surface area contributed by atoms with Gasteiger partial charge in [-0.1, -0.05) is 12.8 Å². The van der Waals surface area contributed by atoms with Gasteiger partial charge in [-0.05, 0) is 32.6 Å². The summed E-state index contributed by atoms with van der Waals surface area (Å²) in [4.78, 5) is 9.22. The summed E-state index contributed by atoms with van der Waals surface area (Å²) in [5.74, 6) is 2.95. The number of rotatable bonds is 2. The highest BCUT2D eigenvalue weighted by molar-refractivity contribution is 5.43. The van der Waals surface area contributed by atoms with Gasteiger partial charge in [0.25, 0.3) is 0 Å². The van der Waals surface area contributed by atoms with Crippen molar-refractivity contribution in [3.63, 3.8) is 0 Å². The Morgan fingerprint density at radius 1 is 1.00 bits per heavy atom. The Hall–Kier alpha value is -1.12. The fraction of sp³-hybridized carbons (Fsp3) is 0.692. The van der Waals surface area contributed by atoms with Gasteiger partial charge in [-0.3, -0.25) is 0 Å². The molecule has 1 aromatic heterocycles. The first kappa shape index (κ1) is 10.1. The van der Waals surface area contributed by atoms with Crippen LogP contribution in [0.5, 0.6) is 0 Å². The van der Waals surface area contributed by atoms with Crippen molar-refractivity contribution in [2.75, 3.05) is 5.73 Å². The quantitative estimate of drug-likeness (QED) is 0.828. The average Bonchev–Trinajstić information content (AvgIpc) is 2.98. The molecule has 0 aliphatic heterocycles. The molecule has 2 aliphatic rings. The number of anilines is 1. The van der Waals surface area contributed by atoms with Gasteiger partial charge in [0.15, 0.2) is 0 Å². The van der Waals surface area contributed by atoms with Crippen LogP contribution in [0.15, 0.2) is 0 Å². The summed E-state index contributed by atoms with van der Waals surface area (Å²) >= 11 is 0. The van der Waals surface area contributed by atoms with E-state index in [1.165, 1.54) is 44.2 Å². The lowest BCUT2D eigenvalue weighted by Crippen LogP contribution is -2.09. The van der Waals surface area contributed by atoms with Gasteiger partial charge < -0.3 is 5.73 Å². The molecule has 0 spiro atoms. The molecule has 3 rings (SSSR count). The van der Waals surface area contributed by atoms with Crippen LogP contribution in [-0.4, -0.2) is 9.97 Å². The molecule has 0 aromatic carbocycles. The van der Waals surface area contributed by atoms with Gasteiger partial charge in [0.05, 0.1) is 5.69 Å². The van der Waals surface area contributed by atoms with Crippen molar-refractivity contribution in [2.24, 2.45) is 0 Å². The van der Waals surface area contributed by atoms with E-state index in [0.717, 1.165) is 11.4 Å². The SMILES string of the molecule is Cc1c(N)nc(C2CC2)nc1C1CCCC1. The second-order valence-electron chi connectivity index (χ2n) is 5.23. The van der Waals surface area contributed by atoms with E-state index in [9.17, 15) is 0 Å². The number of nitrogens with zero attached hydrogens (tertiary/aromatic N) is 2. The monoisotopic (exact) mass is 217 g/mol. The van der Waals surface area contributed by atoms with Gasteiger partial charge in [-0.25, -0.2) is 9.97 Å². The molecule has 0 unspecified atom stereocenters. The Labute approximate surface area is 96.5 Å². The normalized spacial score (nSPS) is 21.6. The summed E-state index contributed by atoms with van der Waals surface area (Å²) in [6.07, 6.45) is 7.72. The first-order chi connectivity index (χ1) is 7.75. The van der Waals surface area contributed by atoms with Crippen molar-refractivity contribution >= 4 is 5.82 Å². The van der Waals surface area contributed by atoms with E-state index in [4.69, 9.17) is 10.7 Å². The molecule has 1 aromatic rings. The number of hydrogen-bond acceptors (Lipinski definition) is 3. The lowest BCUT2D eigenvalue weighted by Gasteiger charge is -2.14. The van der Waals surface area contributed by atoms with E-state index >= 15 is 0 Å². The molecule has 2 saturated carbocycles. The predicted molar refractivity (Wildman–Crippen MR) is 64.4 cm³/mol. The second-order valence-corrected chi connectivity index (χ2v) is 5.23. The molecule has 2 fully saturated rings. The maximum atomic E-state index is 6.00. The molecule has 0 amide bonds. The van der Waals surface area contributed by atoms with E-state index in [1.54, 1.807) is 0 Å². The first-order valence-corrected chi connectivity index (χ1v) is 6.39. The molecule has 0 radical (unpaired) electrons. The zero-order valence-corrected chi connectivity index (χ0v) is 9.87. The molecule has 0 atom stereocenters. The highest BCUT2D eigenvalue weighted by Gasteiger charge is 2.29. The Kier molecular flexibility index (Phi) is 2.34.